The van der Waals surface area contributed by atoms with Gasteiger partial charge in [-0.25, -0.2) is 0 Å². The van der Waals surface area contributed by atoms with Crippen LogP contribution in [0.25, 0.3) is 0 Å². The average Bonchev–Trinajstić information content (AvgIpc) is 2.30. The summed E-state index contributed by atoms with van der Waals surface area (Å²) in [4.78, 5) is 45.4. The monoisotopic (exact) mass is 254 g/mol. The molecule has 0 spiro atoms. The Bertz CT molecular complexity index is 570. The van der Waals surface area contributed by atoms with Gasteiger partial charge in [-0.15, -0.1) is 0 Å². The van der Waals surface area contributed by atoms with Gasteiger partial charge in [-0.2, -0.15) is 0 Å². The second-order valence-corrected chi connectivity index (χ2v) is 3.67. The van der Waals surface area contributed by atoms with Crippen LogP contribution in [0.2, 0.25) is 0 Å². The zero-order chi connectivity index (χ0) is 13.7. The van der Waals surface area contributed by atoms with Crippen LogP contribution >= 0.6 is 0 Å². The van der Waals surface area contributed by atoms with E-state index in [0.29, 0.717) is 0 Å². The number of ether oxygens (including phenoxy) is 1. The van der Waals surface area contributed by atoms with Gasteiger partial charge >= 0.3 is 17.1 Å². The van der Waals surface area contributed by atoms with Crippen molar-refractivity contribution < 1.29 is 14.3 Å². The van der Waals surface area contributed by atoms with Crippen LogP contribution in [0.5, 0.6) is 0 Å². The van der Waals surface area contributed by atoms with Crippen LogP contribution < -0.4 is 11.1 Å². The van der Waals surface area contributed by atoms with Crippen molar-refractivity contribution in [3.05, 3.63) is 33.1 Å². The molecule has 1 rings (SSSR count). The highest BCUT2D eigenvalue weighted by Crippen LogP contribution is 1.91. The van der Waals surface area contributed by atoms with Gasteiger partial charge < -0.3 is 13.9 Å². The maximum absolute atomic E-state index is 11.5. The van der Waals surface area contributed by atoms with Crippen molar-refractivity contribution in [2.45, 2.75) is 19.9 Å². The third kappa shape index (κ3) is 3.41. The van der Waals surface area contributed by atoms with Crippen molar-refractivity contribution in [2.24, 2.45) is 7.05 Å². The second-order valence-electron chi connectivity index (χ2n) is 3.67. The lowest BCUT2D eigenvalue weighted by atomic mass is 10.3. The number of aromatic nitrogens is 2. The minimum Gasteiger partial charge on any atom is -0.466 e. The van der Waals surface area contributed by atoms with Gasteiger partial charge in [0.05, 0.1) is 13.2 Å². The van der Waals surface area contributed by atoms with Crippen LogP contribution in [0.15, 0.2) is 22.0 Å². The van der Waals surface area contributed by atoms with Gasteiger partial charge in [-0.1, -0.05) is 0 Å². The summed E-state index contributed by atoms with van der Waals surface area (Å²) in [6.07, 6.45) is 2.30. The van der Waals surface area contributed by atoms with Crippen LogP contribution in [-0.4, -0.2) is 27.5 Å². The molecule has 0 aliphatic rings. The fourth-order valence-electron chi connectivity index (χ4n) is 1.33. The van der Waals surface area contributed by atoms with Crippen LogP contribution in [0.1, 0.15) is 13.3 Å². The predicted molar refractivity (Wildman–Crippen MR) is 62.2 cm³/mol. The summed E-state index contributed by atoms with van der Waals surface area (Å²) in [5.41, 5.74) is -1.52. The molecule has 98 valence electrons. The fraction of sp³-hybridized carbons (Fsp3) is 0.455. The highest BCUT2D eigenvalue weighted by atomic mass is 16.5. The minimum absolute atomic E-state index is 0.192. The second kappa shape index (κ2) is 5.95. The summed E-state index contributed by atoms with van der Waals surface area (Å²) in [7, 11) is 1.44. The van der Waals surface area contributed by atoms with E-state index in [9.17, 15) is 19.2 Å². The smallest absolute Gasteiger partial charge is 0.316 e. The lowest BCUT2D eigenvalue weighted by molar-refractivity contribution is -0.145. The van der Waals surface area contributed by atoms with Crippen molar-refractivity contribution in [1.82, 2.24) is 9.13 Å². The summed E-state index contributed by atoms with van der Waals surface area (Å²) in [6, 6.07) is 0. The number of rotatable bonds is 5. The molecule has 0 amide bonds. The normalized spacial score (nSPS) is 10.1. The summed E-state index contributed by atoms with van der Waals surface area (Å²) >= 11 is 0. The van der Waals surface area contributed by atoms with Crippen LogP contribution in [0, 0.1) is 0 Å². The lowest BCUT2D eigenvalue weighted by Crippen LogP contribution is -2.40. The van der Waals surface area contributed by atoms with E-state index in [-0.39, 0.29) is 13.2 Å². The van der Waals surface area contributed by atoms with E-state index < -0.39 is 29.3 Å². The average molecular weight is 254 g/mol. The number of carbonyl (C=O) groups excluding carboxylic acids is 2. The molecule has 1 aromatic heterocycles. The number of carbonyl (C=O) groups is 2. The Balaban J connectivity index is 2.78. The van der Waals surface area contributed by atoms with E-state index >= 15 is 0 Å². The Hall–Kier alpha value is -2.18. The maximum Gasteiger partial charge on any atom is 0.316 e. The molecule has 0 N–H and O–H groups in total. The van der Waals surface area contributed by atoms with Gasteiger partial charge in [0.25, 0.3) is 0 Å². The SMILES string of the molecule is CCOC(=O)CC(=O)Cn1ccn(C)c(=O)c1=O. The molecule has 0 aliphatic heterocycles. The van der Waals surface area contributed by atoms with Gasteiger partial charge in [-0.05, 0) is 6.92 Å². The Morgan fingerprint density at radius 3 is 2.50 bits per heavy atom. The van der Waals surface area contributed by atoms with E-state index in [2.05, 4.69) is 4.74 Å². The summed E-state index contributed by atoms with van der Waals surface area (Å²) < 4.78 is 6.71. The van der Waals surface area contributed by atoms with Gasteiger partial charge in [-0.3, -0.25) is 19.2 Å². The zero-order valence-electron chi connectivity index (χ0n) is 10.2. The molecule has 7 nitrogen and oxygen atoms in total. The number of hydrogen-bond donors (Lipinski definition) is 0. The molecule has 0 saturated carbocycles. The van der Waals surface area contributed by atoms with E-state index in [1.807, 2.05) is 0 Å². The quantitative estimate of drug-likeness (QED) is 0.385. The van der Waals surface area contributed by atoms with Gasteiger partial charge in [0, 0.05) is 19.4 Å². The van der Waals surface area contributed by atoms with Gasteiger partial charge in [0.15, 0.2) is 5.78 Å². The molecule has 7 heteroatoms. The molecule has 0 radical (unpaired) electrons. The van der Waals surface area contributed by atoms with Gasteiger partial charge in [0.2, 0.25) is 0 Å². The number of nitrogens with zero attached hydrogens (tertiary/aromatic N) is 2. The first-order chi connectivity index (χ1) is 8.45. The van der Waals surface area contributed by atoms with Crippen LogP contribution in [0.3, 0.4) is 0 Å². The maximum atomic E-state index is 11.5. The molecule has 0 unspecified atom stereocenters. The molecule has 1 aromatic rings. The highest BCUT2D eigenvalue weighted by Gasteiger charge is 2.12. The van der Waals surface area contributed by atoms with Crippen molar-refractivity contribution in [1.29, 1.82) is 0 Å². The Morgan fingerprint density at radius 1 is 1.22 bits per heavy atom. The van der Waals surface area contributed by atoms with Crippen molar-refractivity contribution in [3.8, 4) is 0 Å². The number of hydrogen-bond acceptors (Lipinski definition) is 5. The van der Waals surface area contributed by atoms with E-state index in [0.717, 1.165) is 9.13 Å². The summed E-state index contributed by atoms with van der Waals surface area (Å²) in [5.74, 6) is -1.12. The molecule has 0 saturated heterocycles. The lowest BCUT2D eigenvalue weighted by Gasteiger charge is -2.05. The first kappa shape index (κ1) is 13.9. The predicted octanol–water partition coefficient (Wildman–Crippen LogP) is -0.931. The summed E-state index contributed by atoms with van der Waals surface area (Å²) in [6.45, 7) is 1.51. The zero-order valence-corrected chi connectivity index (χ0v) is 10.2. The summed E-state index contributed by atoms with van der Waals surface area (Å²) in [5, 5.41) is 0. The third-order valence-electron chi connectivity index (χ3n) is 2.23. The molecule has 0 fully saturated rings. The number of aryl methyl sites for hydroxylation is 1. The first-order valence-electron chi connectivity index (χ1n) is 5.39. The Labute approximate surface area is 103 Å². The minimum atomic E-state index is -0.794. The first-order valence-corrected chi connectivity index (χ1v) is 5.39. The molecule has 0 aromatic carbocycles. The van der Waals surface area contributed by atoms with Gasteiger partial charge in [0.1, 0.15) is 6.42 Å². The molecular formula is C11H14N2O5. The molecule has 0 aliphatic carbocycles. The molecule has 0 atom stereocenters. The van der Waals surface area contributed by atoms with E-state index in [1.165, 1.54) is 19.4 Å². The Morgan fingerprint density at radius 2 is 1.89 bits per heavy atom. The molecular weight excluding hydrogens is 240 g/mol. The van der Waals surface area contributed by atoms with Crippen LogP contribution in [0.4, 0.5) is 0 Å². The number of Topliss-reactive ketones (excluding diaryl/α,β-unsaturated/α-hetero) is 1. The topological polar surface area (TPSA) is 87.4 Å². The number of ketones is 1. The number of esters is 1. The fourth-order valence-corrected chi connectivity index (χ4v) is 1.33. The van der Waals surface area contributed by atoms with Crippen molar-refractivity contribution in [2.75, 3.05) is 6.61 Å². The Kier molecular flexibility index (Phi) is 4.59. The van der Waals surface area contributed by atoms with E-state index in [4.69, 9.17) is 0 Å². The van der Waals surface area contributed by atoms with Crippen molar-refractivity contribution in [3.63, 3.8) is 0 Å². The highest BCUT2D eigenvalue weighted by molar-refractivity contribution is 5.95. The molecule has 18 heavy (non-hydrogen) atoms. The third-order valence-corrected chi connectivity index (χ3v) is 2.23. The largest absolute Gasteiger partial charge is 0.466 e. The van der Waals surface area contributed by atoms with E-state index in [1.54, 1.807) is 6.92 Å². The van der Waals surface area contributed by atoms with Crippen LogP contribution in [-0.2, 0) is 27.9 Å². The molecule has 1 heterocycles. The van der Waals surface area contributed by atoms with Crippen molar-refractivity contribution >= 4 is 11.8 Å². The standard InChI is InChI=1S/C11H14N2O5/c1-3-18-9(15)6-8(14)7-13-5-4-12(2)10(16)11(13)17/h4-5H,3,6-7H2,1-2H3. The molecule has 0 bridgehead atoms.